The molecule has 1 aliphatic rings. The SMILES string of the molecule is CC.CC.CC.CCC(=O)OCC1c2ccccc2-c2ccccc21.CN.CNC(=O)CCCOc1ccc(C=O)c(N)c1.CNC(=O)CCCOc1ccc(C=O)c(N)c1.Nc1cc(OCCCC(=O)[O-])ccc1C=O.[Li+]. The number of benzene rings is 5. The van der Waals surface area contributed by atoms with Crippen molar-refractivity contribution in [1.29, 1.82) is 0 Å². The number of carbonyl (C=O) groups is 7. The van der Waals surface area contributed by atoms with Crippen molar-refractivity contribution in [1.82, 2.24) is 10.6 Å². The number of aldehydes is 3. The molecule has 0 fully saturated rings. The minimum atomic E-state index is -1.10. The van der Waals surface area contributed by atoms with Gasteiger partial charge >= 0.3 is 24.8 Å². The first-order chi connectivity index (χ1) is 37.3. The summed E-state index contributed by atoms with van der Waals surface area (Å²) in [5, 5.41) is 15.2. The van der Waals surface area contributed by atoms with E-state index in [-0.39, 0.29) is 55.6 Å². The van der Waals surface area contributed by atoms with Crippen molar-refractivity contribution < 1.29 is 76.5 Å². The monoisotopic (exact) mass is 1070 g/mol. The normalized spacial score (nSPS) is 9.68. The summed E-state index contributed by atoms with van der Waals surface area (Å²) in [6.45, 7) is 15.4. The van der Waals surface area contributed by atoms with Crippen molar-refractivity contribution in [3.05, 3.63) is 131 Å². The van der Waals surface area contributed by atoms with Crippen LogP contribution in [-0.2, 0) is 23.9 Å². The van der Waals surface area contributed by atoms with Crippen LogP contribution in [0.2, 0.25) is 0 Å². The second kappa shape index (κ2) is 46.6. The van der Waals surface area contributed by atoms with E-state index in [1.54, 1.807) is 62.6 Å². The summed E-state index contributed by atoms with van der Waals surface area (Å²) in [7, 11) is 4.70. The summed E-state index contributed by atoms with van der Waals surface area (Å²) in [6, 6.07) is 31.2. The zero-order valence-corrected chi connectivity index (χ0v) is 47.6. The number of carbonyl (C=O) groups excluding carboxylic acids is 7. The van der Waals surface area contributed by atoms with Crippen LogP contribution in [0.4, 0.5) is 17.1 Å². The molecule has 0 heterocycles. The third kappa shape index (κ3) is 29.0. The number of aliphatic carboxylic acids is 1. The number of fused-ring (bicyclic) bond motifs is 3. The molecule has 0 bridgehead atoms. The van der Waals surface area contributed by atoms with Crippen LogP contribution in [0, 0.1) is 0 Å². The van der Waals surface area contributed by atoms with Gasteiger partial charge in [0.2, 0.25) is 11.8 Å². The fraction of sp³-hybridized carbons (Fsp3) is 0.373. The molecule has 0 aliphatic heterocycles. The van der Waals surface area contributed by atoms with Crippen LogP contribution in [0.5, 0.6) is 17.2 Å². The summed E-state index contributed by atoms with van der Waals surface area (Å²) >= 11 is 0. The van der Waals surface area contributed by atoms with Gasteiger partial charge in [-0.25, -0.2) is 0 Å². The van der Waals surface area contributed by atoms with Crippen LogP contribution in [0.1, 0.15) is 142 Å². The average Bonchev–Trinajstić information content (AvgIpc) is 3.80. The van der Waals surface area contributed by atoms with Gasteiger partial charge in [-0.15, -0.1) is 0 Å². The molecule has 0 saturated heterocycles. The Hall–Kier alpha value is -7.65. The van der Waals surface area contributed by atoms with E-state index in [1.165, 1.54) is 35.4 Å². The predicted octanol–water partition coefficient (Wildman–Crippen LogP) is 5.37. The molecule has 422 valence electrons. The van der Waals surface area contributed by atoms with Gasteiger partial charge in [-0.3, -0.25) is 28.8 Å². The first-order valence-corrected chi connectivity index (χ1v) is 25.7. The third-order valence-corrected chi connectivity index (χ3v) is 10.2. The van der Waals surface area contributed by atoms with E-state index in [9.17, 15) is 38.7 Å². The molecule has 19 heteroatoms. The van der Waals surface area contributed by atoms with Gasteiger partial charge in [0.15, 0.2) is 18.9 Å². The molecule has 0 radical (unpaired) electrons. The molecular weight excluding hydrogens is 992 g/mol. The Morgan fingerprint density at radius 3 is 1.14 bits per heavy atom. The van der Waals surface area contributed by atoms with E-state index in [4.69, 9.17) is 36.1 Å². The maximum Gasteiger partial charge on any atom is 1.00 e. The molecule has 0 unspecified atom stereocenters. The van der Waals surface area contributed by atoms with Crippen LogP contribution in [0.25, 0.3) is 11.1 Å². The van der Waals surface area contributed by atoms with E-state index < -0.39 is 5.97 Å². The van der Waals surface area contributed by atoms with Crippen LogP contribution >= 0.6 is 0 Å². The number of amides is 2. The minimum absolute atomic E-state index is 0. The van der Waals surface area contributed by atoms with E-state index in [0.717, 1.165) is 0 Å². The maximum absolute atomic E-state index is 11.4. The molecule has 0 atom stereocenters. The van der Waals surface area contributed by atoms with Gasteiger partial charge in [-0.2, -0.15) is 0 Å². The molecule has 0 saturated carbocycles. The van der Waals surface area contributed by atoms with Crippen LogP contribution in [-0.4, -0.2) is 90.2 Å². The third-order valence-electron chi connectivity index (χ3n) is 10.2. The Labute approximate surface area is 473 Å². The number of nitrogen functional groups attached to an aromatic ring is 3. The summed E-state index contributed by atoms with van der Waals surface area (Å²) in [5.41, 5.74) is 28.8. The predicted molar refractivity (Wildman–Crippen MR) is 305 cm³/mol. The zero-order valence-electron chi connectivity index (χ0n) is 47.6. The van der Waals surface area contributed by atoms with Crippen LogP contribution < -0.4 is 71.7 Å². The molecule has 2 amide bonds. The number of hydrogen-bond donors (Lipinski definition) is 6. The zero-order chi connectivity index (χ0) is 58.6. The number of anilines is 3. The van der Waals surface area contributed by atoms with E-state index in [2.05, 4.69) is 52.8 Å². The largest absolute Gasteiger partial charge is 1.00 e. The Morgan fingerprint density at radius 2 is 0.859 bits per heavy atom. The minimum Gasteiger partial charge on any atom is -0.550 e. The summed E-state index contributed by atoms with van der Waals surface area (Å²) in [5.74, 6) is 0.634. The Balaban J connectivity index is -0.000000918. The van der Waals surface area contributed by atoms with Crippen molar-refractivity contribution >= 4 is 59.7 Å². The number of carboxylic acid groups (broad SMARTS) is 1. The van der Waals surface area contributed by atoms with Crippen molar-refractivity contribution in [2.24, 2.45) is 5.73 Å². The molecule has 10 N–H and O–H groups in total. The number of rotatable bonds is 21. The number of esters is 1. The van der Waals surface area contributed by atoms with Crippen LogP contribution in [0.3, 0.4) is 0 Å². The standard InChI is InChI=1S/C17H16O2.2C12H16N2O3.C11H13NO4.3C2H6.CH5N.Li/c1-2-17(18)19-11-16-14-9-5-3-7-12(14)13-8-4-6-10-15(13)16;2*1-14-12(16)3-2-6-17-10-5-4-9(8-15)11(13)7-10;12-10-6-9(4-3-8(10)7-13)16-5-1-2-11(14)15;4*1-2;/h3-10,16H,2,11H2,1H3;2*4-5,7-8H,2-3,6,13H2,1H3,(H,14,16);3-4,6-7H,1-2,5,12H2,(H,14,15);3*1-2H3;2H2,1H3;/q;;;;;;;;+1/p-1. The second-order valence-electron chi connectivity index (χ2n) is 15.1. The summed E-state index contributed by atoms with van der Waals surface area (Å²) < 4.78 is 21.4. The van der Waals surface area contributed by atoms with E-state index >= 15 is 0 Å². The number of hydrogen-bond acceptors (Lipinski definition) is 16. The van der Waals surface area contributed by atoms with Crippen molar-refractivity contribution in [3.63, 3.8) is 0 Å². The van der Waals surface area contributed by atoms with Crippen molar-refractivity contribution in [2.45, 2.75) is 99.3 Å². The Morgan fingerprint density at radius 1 is 0.538 bits per heavy atom. The fourth-order valence-corrected chi connectivity index (χ4v) is 6.47. The van der Waals surface area contributed by atoms with Gasteiger partial charge in [0.05, 0.1) is 19.8 Å². The fourth-order valence-electron chi connectivity index (χ4n) is 6.47. The van der Waals surface area contributed by atoms with E-state index in [1.807, 2.05) is 60.6 Å². The summed E-state index contributed by atoms with van der Waals surface area (Å²) in [4.78, 5) is 74.9. The quantitative estimate of drug-likeness (QED) is 0.0177. The number of nitrogens with two attached hydrogens (primary N) is 4. The van der Waals surface area contributed by atoms with Gasteiger partial charge < -0.3 is 62.4 Å². The molecular formula is C59H83LiN6O12. The van der Waals surface area contributed by atoms with Crippen molar-refractivity contribution in [2.75, 3.05) is 64.8 Å². The average molecular weight is 1080 g/mol. The molecule has 0 spiro atoms. The van der Waals surface area contributed by atoms with Gasteiger partial charge in [-0.05, 0) is 91.4 Å². The molecule has 5 aromatic carbocycles. The second-order valence-corrected chi connectivity index (χ2v) is 15.1. The van der Waals surface area contributed by atoms with Gasteiger partial charge in [-0.1, -0.05) is 97.0 Å². The number of nitrogens with one attached hydrogen (secondary N) is 2. The van der Waals surface area contributed by atoms with Gasteiger partial charge in [0, 0.05) is 97.2 Å². The first kappa shape index (κ1) is 74.6. The molecule has 6 rings (SSSR count). The first-order valence-electron chi connectivity index (χ1n) is 25.7. The Kier molecular flexibility index (Phi) is 44.6. The number of ether oxygens (including phenoxy) is 4. The topological polar surface area (TPSA) is 308 Å². The van der Waals surface area contributed by atoms with Gasteiger partial charge in [0.25, 0.3) is 0 Å². The molecule has 18 nitrogen and oxygen atoms in total. The molecule has 0 aromatic heterocycles. The van der Waals surface area contributed by atoms with E-state index in [0.29, 0.717) is 128 Å². The van der Waals surface area contributed by atoms with Crippen molar-refractivity contribution in [3.8, 4) is 28.4 Å². The number of carboxylic acids is 1. The van der Waals surface area contributed by atoms with Crippen LogP contribution in [0.15, 0.2) is 103 Å². The smallest absolute Gasteiger partial charge is 0.550 e. The molecule has 5 aromatic rings. The maximum atomic E-state index is 11.4. The van der Waals surface area contributed by atoms with Gasteiger partial charge in [0.1, 0.15) is 23.9 Å². The molecule has 78 heavy (non-hydrogen) atoms. The summed E-state index contributed by atoms with van der Waals surface area (Å²) in [6.07, 6.45) is 4.95. The molecule has 1 aliphatic carbocycles. The Bertz CT molecular complexity index is 2390.